The topological polar surface area (TPSA) is 117 Å². The van der Waals surface area contributed by atoms with E-state index in [0.717, 1.165) is 5.56 Å². The highest BCUT2D eigenvalue weighted by atomic mass is 79.9. The molecule has 0 aromatic heterocycles. The van der Waals surface area contributed by atoms with Gasteiger partial charge in [-0.2, -0.15) is 0 Å². The second-order valence-electron chi connectivity index (χ2n) is 11.0. The number of anilines is 1. The summed E-state index contributed by atoms with van der Waals surface area (Å²) in [5, 5.41) is 16.4. The summed E-state index contributed by atoms with van der Waals surface area (Å²) in [5.41, 5.74) is 0.280. The molecule has 10 heteroatoms. The Morgan fingerprint density at radius 2 is 1.88 bits per heavy atom. The molecule has 3 unspecified atom stereocenters. The van der Waals surface area contributed by atoms with Crippen molar-refractivity contribution >= 4 is 39.3 Å². The number of alkyl halides is 1. The van der Waals surface area contributed by atoms with E-state index < -0.39 is 41.5 Å². The molecule has 0 saturated carbocycles. The van der Waals surface area contributed by atoms with Crippen molar-refractivity contribution in [3.8, 4) is 5.75 Å². The molecule has 0 aliphatic carbocycles. The number of benzene rings is 2. The number of hydrogen-bond donors (Lipinski definition) is 3. The van der Waals surface area contributed by atoms with Gasteiger partial charge in [0.2, 0.25) is 17.7 Å². The van der Waals surface area contributed by atoms with Gasteiger partial charge in [-0.1, -0.05) is 66.5 Å². The van der Waals surface area contributed by atoms with Crippen LogP contribution in [-0.4, -0.2) is 70.1 Å². The van der Waals surface area contributed by atoms with Crippen molar-refractivity contribution in [1.82, 2.24) is 10.2 Å². The molecule has 40 heavy (non-hydrogen) atoms. The standard InChI is InChI=1S/C30H36BrN3O6/c1-4-17(2)22(16-35)34-26(28(37)33-19-10-12-20(39-3)13-11-19)30-14-21(31)25(40-30)23(24(30)29(34)38)27(36)32-15-18-8-6-5-7-9-18/h5-13,17,21-26,35H,4,14-16H2,1-3H3,(H,32,36)(H,33,37)/t17-,21?,22-,23-,24-,25-,26?,30?/m0/s1. The monoisotopic (exact) mass is 613 g/mol. The zero-order valence-corrected chi connectivity index (χ0v) is 24.5. The van der Waals surface area contributed by atoms with E-state index in [2.05, 4.69) is 26.6 Å². The summed E-state index contributed by atoms with van der Waals surface area (Å²) in [6.07, 6.45) is 0.538. The van der Waals surface area contributed by atoms with Gasteiger partial charge in [0, 0.05) is 17.1 Å². The molecule has 8 atom stereocenters. The third-order valence-corrected chi connectivity index (χ3v) is 9.64. The highest BCUT2D eigenvalue weighted by Gasteiger charge is 2.77. The molecule has 3 fully saturated rings. The van der Waals surface area contributed by atoms with Gasteiger partial charge in [-0.05, 0) is 42.2 Å². The normalized spacial score (nSPS) is 30.1. The van der Waals surface area contributed by atoms with Crippen LogP contribution < -0.4 is 15.4 Å². The van der Waals surface area contributed by atoms with E-state index >= 15 is 0 Å². The fraction of sp³-hybridized carbons (Fsp3) is 0.500. The molecule has 3 N–H and O–H groups in total. The van der Waals surface area contributed by atoms with Crippen molar-refractivity contribution in [1.29, 1.82) is 0 Å². The quantitative estimate of drug-likeness (QED) is 0.355. The Kier molecular flexibility index (Phi) is 8.22. The number of methoxy groups -OCH3 is 1. The van der Waals surface area contributed by atoms with Gasteiger partial charge in [0.15, 0.2) is 0 Å². The maximum atomic E-state index is 14.3. The van der Waals surface area contributed by atoms with Gasteiger partial charge >= 0.3 is 0 Å². The molecule has 1 spiro atoms. The van der Waals surface area contributed by atoms with Gasteiger partial charge < -0.3 is 30.1 Å². The van der Waals surface area contributed by atoms with Crippen LogP contribution in [0.15, 0.2) is 54.6 Å². The summed E-state index contributed by atoms with van der Waals surface area (Å²) in [5.74, 6) is -2.06. The van der Waals surface area contributed by atoms with Crippen LogP contribution >= 0.6 is 15.9 Å². The number of ether oxygens (including phenoxy) is 2. The summed E-state index contributed by atoms with van der Waals surface area (Å²) in [4.78, 5) is 43.3. The zero-order chi connectivity index (χ0) is 28.6. The zero-order valence-electron chi connectivity index (χ0n) is 22.9. The van der Waals surface area contributed by atoms with Crippen molar-refractivity contribution in [3.05, 3.63) is 60.2 Å². The number of carbonyl (C=O) groups excluding carboxylic acids is 3. The molecule has 0 radical (unpaired) electrons. The van der Waals surface area contributed by atoms with Crippen LogP contribution in [0.3, 0.4) is 0 Å². The van der Waals surface area contributed by atoms with Crippen molar-refractivity contribution in [2.45, 2.75) is 61.8 Å². The molecule has 2 aromatic carbocycles. The molecule has 3 amide bonds. The van der Waals surface area contributed by atoms with Crippen LogP contribution in [0.1, 0.15) is 32.3 Å². The number of nitrogens with one attached hydrogen (secondary N) is 2. The summed E-state index contributed by atoms with van der Waals surface area (Å²) >= 11 is 3.70. The Morgan fingerprint density at radius 1 is 1.18 bits per heavy atom. The Labute approximate surface area is 242 Å². The predicted octanol–water partition coefficient (Wildman–Crippen LogP) is 3.11. The van der Waals surface area contributed by atoms with Crippen LogP contribution in [0.4, 0.5) is 5.69 Å². The summed E-state index contributed by atoms with van der Waals surface area (Å²) in [6, 6.07) is 14.9. The fourth-order valence-electron chi connectivity index (χ4n) is 6.63. The van der Waals surface area contributed by atoms with Gasteiger partial charge in [0.1, 0.15) is 17.4 Å². The fourth-order valence-corrected chi connectivity index (χ4v) is 7.57. The Bertz CT molecular complexity index is 1240. The van der Waals surface area contributed by atoms with E-state index in [4.69, 9.17) is 9.47 Å². The molecule has 3 heterocycles. The first kappa shape index (κ1) is 28.6. The van der Waals surface area contributed by atoms with Crippen LogP contribution in [0.5, 0.6) is 5.75 Å². The number of aliphatic hydroxyl groups is 1. The average Bonchev–Trinajstić information content (AvgIpc) is 3.56. The van der Waals surface area contributed by atoms with Crippen LogP contribution in [-0.2, 0) is 25.7 Å². The number of carbonyl (C=O) groups is 3. The smallest absolute Gasteiger partial charge is 0.250 e. The number of halogens is 1. The Balaban J connectivity index is 1.49. The van der Waals surface area contributed by atoms with E-state index in [1.54, 1.807) is 31.4 Å². The molecule has 3 aliphatic rings. The van der Waals surface area contributed by atoms with E-state index in [0.29, 0.717) is 30.8 Å². The third-order valence-electron chi connectivity index (χ3n) is 8.79. The molecule has 2 bridgehead atoms. The number of amides is 3. The largest absolute Gasteiger partial charge is 0.497 e. The maximum absolute atomic E-state index is 14.3. The second kappa shape index (κ2) is 11.5. The SMILES string of the molecule is CC[C@H](C)[C@H](CO)N1C(=O)[C@@H]2[C@H](C(=O)NCc3ccccc3)[C@H]3OC2(CC3Br)C1C(=O)Nc1ccc(OC)cc1. The minimum Gasteiger partial charge on any atom is -0.497 e. The van der Waals surface area contributed by atoms with Gasteiger partial charge in [0.05, 0.1) is 37.7 Å². The molecule has 214 valence electrons. The lowest BCUT2D eigenvalue weighted by Gasteiger charge is -2.38. The highest BCUT2D eigenvalue weighted by molar-refractivity contribution is 9.09. The van der Waals surface area contributed by atoms with Crippen molar-refractivity contribution < 1.29 is 29.0 Å². The van der Waals surface area contributed by atoms with Gasteiger partial charge in [-0.25, -0.2) is 0 Å². The molecule has 5 rings (SSSR count). The van der Waals surface area contributed by atoms with E-state index in [9.17, 15) is 19.5 Å². The average molecular weight is 615 g/mol. The van der Waals surface area contributed by atoms with Crippen molar-refractivity contribution in [2.75, 3.05) is 19.0 Å². The number of aliphatic hydroxyl groups excluding tert-OH is 1. The molecule has 3 aliphatic heterocycles. The lowest BCUT2D eigenvalue weighted by Crippen LogP contribution is -2.57. The number of fused-ring (bicyclic) bond motifs is 1. The first-order valence-corrected chi connectivity index (χ1v) is 14.7. The number of hydrogen-bond acceptors (Lipinski definition) is 6. The molecule has 2 aromatic rings. The number of rotatable bonds is 10. The first-order valence-electron chi connectivity index (χ1n) is 13.8. The molecular weight excluding hydrogens is 578 g/mol. The molecule has 3 saturated heterocycles. The minimum atomic E-state index is -1.21. The van der Waals surface area contributed by atoms with E-state index in [1.807, 2.05) is 44.2 Å². The maximum Gasteiger partial charge on any atom is 0.250 e. The lowest BCUT2D eigenvalue weighted by molar-refractivity contribution is -0.145. The van der Waals surface area contributed by atoms with E-state index in [-0.39, 0.29) is 29.2 Å². The molecular formula is C30H36BrN3O6. The third kappa shape index (κ3) is 4.80. The van der Waals surface area contributed by atoms with E-state index in [1.165, 1.54) is 4.90 Å². The van der Waals surface area contributed by atoms with Gasteiger partial charge in [-0.3, -0.25) is 14.4 Å². The first-order chi connectivity index (χ1) is 19.2. The number of likely N-dealkylation sites (tertiary alicyclic amines) is 1. The van der Waals surface area contributed by atoms with Gasteiger partial charge in [-0.15, -0.1) is 0 Å². The van der Waals surface area contributed by atoms with Crippen molar-refractivity contribution in [3.63, 3.8) is 0 Å². The van der Waals surface area contributed by atoms with Crippen molar-refractivity contribution in [2.24, 2.45) is 17.8 Å². The summed E-state index contributed by atoms with van der Waals surface area (Å²) < 4.78 is 11.8. The van der Waals surface area contributed by atoms with Crippen LogP contribution in [0, 0.1) is 17.8 Å². The van der Waals surface area contributed by atoms with Crippen LogP contribution in [0.25, 0.3) is 0 Å². The van der Waals surface area contributed by atoms with Gasteiger partial charge in [0.25, 0.3) is 0 Å². The van der Waals surface area contributed by atoms with Crippen LogP contribution in [0.2, 0.25) is 0 Å². The second-order valence-corrected chi connectivity index (χ2v) is 12.1. The summed E-state index contributed by atoms with van der Waals surface area (Å²) in [7, 11) is 1.57. The molecule has 9 nitrogen and oxygen atoms in total. The Morgan fingerprint density at radius 3 is 2.50 bits per heavy atom. The number of nitrogens with zero attached hydrogens (tertiary/aromatic N) is 1. The minimum absolute atomic E-state index is 0.0808. The lowest BCUT2D eigenvalue weighted by atomic mass is 9.70. The Hall–Kier alpha value is -2.95. The highest BCUT2D eigenvalue weighted by Crippen LogP contribution is 2.60. The predicted molar refractivity (Wildman–Crippen MR) is 153 cm³/mol. The summed E-state index contributed by atoms with van der Waals surface area (Å²) in [6.45, 7) is 3.95.